The van der Waals surface area contributed by atoms with Crippen LogP contribution in [0.15, 0.2) is 41.3 Å². The van der Waals surface area contributed by atoms with Gasteiger partial charge in [-0.25, -0.2) is 4.98 Å². The number of aromatic nitrogens is 5. The van der Waals surface area contributed by atoms with Gasteiger partial charge in [0.25, 0.3) is 5.89 Å². The van der Waals surface area contributed by atoms with Gasteiger partial charge in [0.2, 0.25) is 5.89 Å². The van der Waals surface area contributed by atoms with Crippen molar-refractivity contribution in [1.82, 2.24) is 29.9 Å². The van der Waals surface area contributed by atoms with Gasteiger partial charge in [0.05, 0.1) is 19.2 Å². The van der Waals surface area contributed by atoms with Gasteiger partial charge in [0.1, 0.15) is 18.4 Å². The first-order valence-corrected chi connectivity index (χ1v) is 8.82. The Hall–Kier alpha value is -2.74. The molecular formula is C18H22N6O2. The van der Waals surface area contributed by atoms with Crippen LogP contribution >= 0.6 is 0 Å². The van der Waals surface area contributed by atoms with E-state index in [9.17, 15) is 0 Å². The van der Waals surface area contributed by atoms with E-state index in [2.05, 4.69) is 25.2 Å². The summed E-state index contributed by atoms with van der Waals surface area (Å²) < 4.78 is 13.2. The molecule has 1 aliphatic heterocycles. The molecule has 1 saturated heterocycles. The van der Waals surface area contributed by atoms with Crippen LogP contribution in [0.1, 0.15) is 18.7 Å². The van der Waals surface area contributed by atoms with Crippen molar-refractivity contribution >= 4 is 0 Å². The van der Waals surface area contributed by atoms with Crippen LogP contribution in [0.25, 0.3) is 11.5 Å². The lowest BCUT2D eigenvalue weighted by atomic mass is 9.98. The van der Waals surface area contributed by atoms with E-state index in [0.717, 1.165) is 37.4 Å². The zero-order chi connectivity index (χ0) is 17.8. The van der Waals surface area contributed by atoms with E-state index in [0.29, 0.717) is 24.2 Å². The summed E-state index contributed by atoms with van der Waals surface area (Å²) in [4.78, 5) is 6.38. The van der Waals surface area contributed by atoms with Gasteiger partial charge in [-0.1, -0.05) is 12.1 Å². The summed E-state index contributed by atoms with van der Waals surface area (Å²) >= 11 is 0. The minimum Gasteiger partial charge on any atom is -0.496 e. The molecule has 0 N–H and O–H groups in total. The fourth-order valence-corrected chi connectivity index (χ4v) is 3.47. The lowest BCUT2D eigenvalue weighted by Gasteiger charge is -2.31. The molecule has 0 spiro atoms. The van der Waals surface area contributed by atoms with E-state index in [1.165, 1.54) is 6.42 Å². The van der Waals surface area contributed by atoms with Crippen LogP contribution < -0.4 is 4.74 Å². The summed E-state index contributed by atoms with van der Waals surface area (Å²) in [6.07, 6.45) is 5.72. The Balaban J connectivity index is 1.40. The third-order valence-corrected chi connectivity index (χ3v) is 4.68. The number of nitrogens with zero attached hydrogens (tertiary/aromatic N) is 6. The number of likely N-dealkylation sites (tertiary alicyclic amines) is 1. The number of hydrogen-bond donors (Lipinski definition) is 0. The largest absolute Gasteiger partial charge is 0.496 e. The van der Waals surface area contributed by atoms with Crippen LogP contribution in [0, 0.1) is 5.92 Å². The maximum Gasteiger partial charge on any atom is 0.251 e. The van der Waals surface area contributed by atoms with Crippen molar-refractivity contribution in [2.24, 2.45) is 5.92 Å². The summed E-state index contributed by atoms with van der Waals surface area (Å²) in [5, 5.41) is 12.6. The molecule has 0 saturated carbocycles. The molecule has 4 rings (SSSR count). The first-order valence-electron chi connectivity index (χ1n) is 8.82. The molecule has 0 unspecified atom stereocenters. The Morgan fingerprint density at radius 2 is 2.19 bits per heavy atom. The summed E-state index contributed by atoms with van der Waals surface area (Å²) in [7, 11) is 1.64. The minimum atomic E-state index is 0.494. The SMILES string of the molecule is COc1ccccc1-c1nnc(CN2CCC[C@@H](Cn3cncn3)C2)o1. The van der Waals surface area contributed by atoms with Gasteiger partial charge in [0, 0.05) is 13.1 Å². The van der Waals surface area contributed by atoms with Crippen LogP contribution in [0.3, 0.4) is 0 Å². The van der Waals surface area contributed by atoms with Crippen LogP contribution in [0.5, 0.6) is 5.75 Å². The number of ether oxygens (including phenoxy) is 1. The summed E-state index contributed by atoms with van der Waals surface area (Å²) in [5.41, 5.74) is 0.816. The van der Waals surface area contributed by atoms with E-state index < -0.39 is 0 Å². The third kappa shape index (κ3) is 3.75. The van der Waals surface area contributed by atoms with Crippen LogP contribution in [-0.2, 0) is 13.1 Å². The molecule has 0 radical (unpaired) electrons. The predicted octanol–water partition coefficient (Wildman–Crippen LogP) is 2.25. The predicted molar refractivity (Wildman–Crippen MR) is 94.3 cm³/mol. The zero-order valence-corrected chi connectivity index (χ0v) is 14.8. The van der Waals surface area contributed by atoms with Crippen molar-refractivity contribution in [3.05, 3.63) is 42.8 Å². The average Bonchev–Trinajstić information content (AvgIpc) is 3.34. The summed E-state index contributed by atoms with van der Waals surface area (Å²) in [6.45, 7) is 3.59. The molecule has 1 aromatic carbocycles. The number of para-hydroxylation sites is 1. The van der Waals surface area contributed by atoms with E-state index >= 15 is 0 Å². The van der Waals surface area contributed by atoms with Crippen LogP contribution in [0.2, 0.25) is 0 Å². The van der Waals surface area contributed by atoms with Gasteiger partial charge >= 0.3 is 0 Å². The lowest BCUT2D eigenvalue weighted by molar-refractivity contribution is 0.142. The Morgan fingerprint density at radius 1 is 1.27 bits per heavy atom. The number of methoxy groups -OCH3 is 1. The maximum atomic E-state index is 5.88. The third-order valence-electron chi connectivity index (χ3n) is 4.68. The molecule has 2 aromatic heterocycles. The number of rotatable bonds is 6. The number of piperidine rings is 1. The molecule has 1 fully saturated rings. The monoisotopic (exact) mass is 354 g/mol. The van der Waals surface area contributed by atoms with Gasteiger partial charge in [0.15, 0.2) is 0 Å². The highest BCUT2D eigenvalue weighted by Gasteiger charge is 2.22. The molecule has 136 valence electrons. The van der Waals surface area contributed by atoms with Crippen molar-refractivity contribution in [3.63, 3.8) is 0 Å². The van der Waals surface area contributed by atoms with Gasteiger partial charge in [-0.15, -0.1) is 10.2 Å². The quantitative estimate of drug-likeness (QED) is 0.671. The molecule has 3 heterocycles. The standard InChI is InChI=1S/C18H22N6O2/c1-25-16-7-3-2-6-15(16)18-22-21-17(26-18)11-23-8-4-5-14(9-23)10-24-13-19-12-20-24/h2-3,6-7,12-14H,4-5,8-11H2,1H3/t14-/m1/s1. The maximum absolute atomic E-state index is 5.88. The van der Waals surface area contributed by atoms with Crippen molar-refractivity contribution < 1.29 is 9.15 Å². The Bertz CT molecular complexity index is 832. The van der Waals surface area contributed by atoms with Crippen LogP contribution in [0.4, 0.5) is 0 Å². The molecule has 0 bridgehead atoms. The fourth-order valence-electron chi connectivity index (χ4n) is 3.47. The van der Waals surface area contributed by atoms with Crippen molar-refractivity contribution in [2.75, 3.05) is 20.2 Å². The average molecular weight is 354 g/mol. The molecular weight excluding hydrogens is 332 g/mol. The Kier molecular flexibility index (Phi) is 4.92. The molecule has 8 heteroatoms. The molecule has 0 amide bonds. The molecule has 3 aromatic rings. The van der Waals surface area contributed by atoms with E-state index in [-0.39, 0.29) is 0 Å². The summed E-state index contributed by atoms with van der Waals surface area (Å²) in [6, 6.07) is 7.66. The van der Waals surface area contributed by atoms with Crippen molar-refractivity contribution in [2.45, 2.75) is 25.9 Å². The smallest absolute Gasteiger partial charge is 0.251 e. The normalized spacial score (nSPS) is 18.1. The van der Waals surface area contributed by atoms with Gasteiger partial charge in [-0.05, 0) is 37.4 Å². The second-order valence-corrected chi connectivity index (χ2v) is 6.56. The van der Waals surface area contributed by atoms with E-state index in [1.54, 1.807) is 19.8 Å². The van der Waals surface area contributed by atoms with Gasteiger partial charge in [-0.2, -0.15) is 5.10 Å². The molecule has 0 aliphatic carbocycles. The topological polar surface area (TPSA) is 82.1 Å². The molecule has 8 nitrogen and oxygen atoms in total. The number of hydrogen-bond acceptors (Lipinski definition) is 7. The minimum absolute atomic E-state index is 0.494. The second kappa shape index (κ2) is 7.65. The van der Waals surface area contributed by atoms with Crippen LogP contribution in [-0.4, -0.2) is 50.1 Å². The van der Waals surface area contributed by atoms with Crippen molar-refractivity contribution in [3.8, 4) is 17.2 Å². The first kappa shape index (κ1) is 16.7. The first-order chi connectivity index (χ1) is 12.8. The second-order valence-electron chi connectivity index (χ2n) is 6.56. The zero-order valence-electron chi connectivity index (χ0n) is 14.8. The van der Waals surface area contributed by atoms with E-state index in [4.69, 9.17) is 9.15 Å². The molecule has 1 aliphatic rings. The van der Waals surface area contributed by atoms with E-state index in [1.807, 2.05) is 28.9 Å². The molecule has 1 atom stereocenters. The fraction of sp³-hybridized carbons (Fsp3) is 0.444. The Morgan fingerprint density at radius 3 is 3.04 bits per heavy atom. The number of benzene rings is 1. The highest BCUT2D eigenvalue weighted by molar-refractivity contribution is 5.62. The molecule has 26 heavy (non-hydrogen) atoms. The summed E-state index contributed by atoms with van der Waals surface area (Å²) in [5.74, 6) is 2.41. The van der Waals surface area contributed by atoms with Gasteiger partial charge in [-0.3, -0.25) is 9.58 Å². The lowest BCUT2D eigenvalue weighted by Crippen LogP contribution is -2.36. The van der Waals surface area contributed by atoms with Gasteiger partial charge < -0.3 is 9.15 Å². The Labute approximate surface area is 151 Å². The van der Waals surface area contributed by atoms with Crippen molar-refractivity contribution in [1.29, 1.82) is 0 Å². The highest BCUT2D eigenvalue weighted by atomic mass is 16.5. The highest BCUT2D eigenvalue weighted by Crippen LogP contribution is 2.29.